The summed E-state index contributed by atoms with van der Waals surface area (Å²) in [5.41, 5.74) is 5.15. The number of nitro benzene ring substituents is 1. The number of methoxy groups -OCH3 is 1. The lowest BCUT2D eigenvalue weighted by Crippen LogP contribution is -2.21. The van der Waals surface area contributed by atoms with Gasteiger partial charge in [0, 0.05) is 28.7 Å². The number of ether oxygens (including phenoxy) is 3. The smallest absolute Gasteiger partial charge is 0.315 e. The molecule has 0 aliphatic rings. The second-order valence-corrected chi connectivity index (χ2v) is 10.3. The fourth-order valence-corrected chi connectivity index (χ4v) is 4.72. The Morgan fingerprint density at radius 3 is 2.42 bits per heavy atom. The summed E-state index contributed by atoms with van der Waals surface area (Å²) in [4.78, 5) is 36.0. The first-order chi connectivity index (χ1) is 23.1. The quantitative estimate of drug-likeness (QED) is 0.0874. The molecule has 0 saturated heterocycles. The molecule has 13 nitrogen and oxygen atoms in total. The highest BCUT2D eigenvalue weighted by Gasteiger charge is 2.23. The molecule has 0 aliphatic heterocycles. The number of nitrogens with one attached hydrogen (secondary N) is 2. The maximum Gasteiger partial charge on any atom is 0.315 e. The van der Waals surface area contributed by atoms with Gasteiger partial charge in [0.1, 0.15) is 23.9 Å². The molecule has 0 atom stereocenters. The van der Waals surface area contributed by atoms with Crippen LogP contribution in [0.4, 0.5) is 15.8 Å². The number of nitrogens with zero attached hydrogens (tertiary/aromatic N) is 3. The van der Waals surface area contributed by atoms with Crippen LogP contribution in [0.15, 0.2) is 94.4 Å². The van der Waals surface area contributed by atoms with E-state index >= 15 is 0 Å². The summed E-state index contributed by atoms with van der Waals surface area (Å²) in [6.07, 6.45) is 1.16. The van der Waals surface area contributed by atoms with Gasteiger partial charge in [-0.1, -0.05) is 12.1 Å². The Kier molecular flexibility index (Phi) is 10.1. The standard InChI is InChI=1S/C34H30FN5O8/c1-21-8-9-22(2)39(21)24-10-12-25(13-11-24)46-19-26-14-15-30(48-26)34(42)38-36-18-23-16-29(40(43)44)33(31(17-23)45-3)47-20-32(41)37-28-7-5-4-6-27(28)35/h4-18H,19-20H2,1-3H3,(H,37,41)(H,38,42)/b36-18+. The van der Waals surface area contributed by atoms with Crippen LogP contribution in [0.5, 0.6) is 17.2 Å². The number of hydrogen-bond donors (Lipinski definition) is 2. The van der Waals surface area contributed by atoms with Crippen molar-refractivity contribution in [2.75, 3.05) is 19.0 Å². The zero-order valence-electron chi connectivity index (χ0n) is 26.1. The average Bonchev–Trinajstić information content (AvgIpc) is 3.69. The second-order valence-electron chi connectivity index (χ2n) is 10.3. The third-order valence-corrected chi connectivity index (χ3v) is 6.98. The number of para-hydroxylation sites is 1. The Hall–Kier alpha value is -6.44. The molecule has 0 aliphatic carbocycles. The van der Waals surface area contributed by atoms with Crippen LogP contribution in [0.25, 0.3) is 5.69 Å². The SMILES string of the molecule is COc1cc(/C=N/NC(=O)c2ccc(COc3ccc(-n4c(C)ccc4C)cc3)o2)cc([N+](=O)[O-])c1OCC(=O)Nc1ccccc1F. The van der Waals surface area contributed by atoms with Crippen LogP contribution in [0.1, 0.15) is 33.3 Å². The van der Waals surface area contributed by atoms with Crippen LogP contribution in [-0.4, -0.2) is 41.2 Å². The number of furan rings is 1. The monoisotopic (exact) mass is 655 g/mol. The molecule has 0 fully saturated rings. The molecule has 5 rings (SSSR count). The summed E-state index contributed by atoms with van der Waals surface area (Å²) in [5, 5.41) is 18.0. The topological polar surface area (TPSA) is 159 Å². The van der Waals surface area contributed by atoms with Crippen molar-refractivity contribution in [1.29, 1.82) is 0 Å². The lowest BCUT2D eigenvalue weighted by atomic mass is 10.2. The number of nitro groups is 1. The van der Waals surface area contributed by atoms with Crippen molar-refractivity contribution in [1.82, 2.24) is 9.99 Å². The van der Waals surface area contributed by atoms with Crippen LogP contribution >= 0.6 is 0 Å². The first-order valence-electron chi connectivity index (χ1n) is 14.5. The summed E-state index contributed by atoms with van der Waals surface area (Å²) in [5.74, 6) is -1.45. The lowest BCUT2D eigenvalue weighted by molar-refractivity contribution is -0.385. The van der Waals surface area contributed by atoms with Gasteiger partial charge in [-0.05, 0) is 80.6 Å². The summed E-state index contributed by atoms with van der Waals surface area (Å²) in [6.45, 7) is 3.49. The van der Waals surface area contributed by atoms with E-state index in [2.05, 4.69) is 32.5 Å². The molecular weight excluding hydrogens is 625 g/mol. The Bertz CT molecular complexity index is 1960. The Labute approximate surface area is 273 Å². The van der Waals surface area contributed by atoms with Crippen molar-refractivity contribution >= 4 is 29.4 Å². The molecule has 0 spiro atoms. The minimum absolute atomic E-state index is 0.0272. The van der Waals surface area contributed by atoms with Crippen LogP contribution in [0, 0.1) is 29.8 Å². The number of aromatic nitrogens is 1. The van der Waals surface area contributed by atoms with Gasteiger partial charge in [0.2, 0.25) is 5.75 Å². The highest BCUT2D eigenvalue weighted by atomic mass is 19.1. The number of aryl methyl sites for hydroxylation is 2. The zero-order valence-corrected chi connectivity index (χ0v) is 26.1. The predicted octanol–water partition coefficient (Wildman–Crippen LogP) is 6.10. The minimum Gasteiger partial charge on any atom is -0.493 e. The summed E-state index contributed by atoms with van der Waals surface area (Å²) < 4.78 is 38.0. The van der Waals surface area contributed by atoms with Gasteiger partial charge in [0.15, 0.2) is 18.1 Å². The maximum atomic E-state index is 13.8. The van der Waals surface area contributed by atoms with E-state index in [-0.39, 0.29) is 35.1 Å². The molecule has 0 unspecified atom stereocenters. The fourth-order valence-electron chi connectivity index (χ4n) is 4.72. The number of benzene rings is 3. The number of amides is 2. The van der Waals surface area contributed by atoms with Crippen molar-refractivity contribution in [3.05, 3.63) is 129 Å². The van der Waals surface area contributed by atoms with E-state index in [9.17, 15) is 24.1 Å². The number of rotatable bonds is 13. The Balaban J connectivity index is 1.17. The Morgan fingerprint density at radius 2 is 1.73 bits per heavy atom. The van der Waals surface area contributed by atoms with Gasteiger partial charge in [-0.15, -0.1) is 0 Å². The molecule has 0 saturated carbocycles. The number of halogens is 1. The molecule has 2 amide bonds. The first-order valence-corrected chi connectivity index (χ1v) is 14.5. The molecule has 48 heavy (non-hydrogen) atoms. The molecule has 2 heterocycles. The van der Waals surface area contributed by atoms with E-state index in [0.29, 0.717) is 11.5 Å². The van der Waals surface area contributed by atoms with Crippen molar-refractivity contribution < 1.29 is 37.5 Å². The summed E-state index contributed by atoms with van der Waals surface area (Å²) in [7, 11) is 1.26. The molecule has 0 bridgehead atoms. The van der Waals surface area contributed by atoms with Gasteiger partial charge >= 0.3 is 11.6 Å². The molecule has 246 valence electrons. The number of anilines is 1. The third-order valence-electron chi connectivity index (χ3n) is 6.98. The predicted molar refractivity (Wildman–Crippen MR) is 174 cm³/mol. The van der Waals surface area contributed by atoms with E-state index in [1.165, 1.54) is 43.5 Å². The van der Waals surface area contributed by atoms with Crippen molar-refractivity contribution in [3.8, 4) is 22.9 Å². The van der Waals surface area contributed by atoms with E-state index in [1.54, 1.807) is 6.07 Å². The lowest BCUT2D eigenvalue weighted by Gasteiger charge is -2.12. The van der Waals surface area contributed by atoms with Gasteiger partial charge < -0.3 is 28.5 Å². The van der Waals surface area contributed by atoms with Crippen molar-refractivity contribution in [2.24, 2.45) is 5.10 Å². The van der Waals surface area contributed by atoms with E-state index < -0.39 is 34.8 Å². The molecule has 14 heteroatoms. The highest BCUT2D eigenvalue weighted by Crippen LogP contribution is 2.38. The van der Waals surface area contributed by atoms with E-state index in [1.807, 2.05) is 38.1 Å². The molecule has 5 aromatic rings. The Morgan fingerprint density at radius 1 is 1.00 bits per heavy atom. The number of carbonyl (C=O) groups excluding carboxylic acids is 2. The maximum absolute atomic E-state index is 13.8. The fraction of sp³-hybridized carbons (Fsp3) is 0.147. The third kappa shape index (κ3) is 7.85. The molecule has 2 aromatic heterocycles. The van der Waals surface area contributed by atoms with Crippen LogP contribution in [0.2, 0.25) is 0 Å². The highest BCUT2D eigenvalue weighted by molar-refractivity contribution is 5.93. The normalized spacial score (nSPS) is 10.9. The molecular formula is C34H30FN5O8. The van der Waals surface area contributed by atoms with E-state index in [4.69, 9.17) is 18.6 Å². The molecule has 3 aromatic carbocycles. The van der Waals surface area contributed by atoms with Gasteiger partial charge in [-0.2, -0.15) is 5.10 Å². The zero-order chi connectivity index (χ0) is 34.2. The molecule has 2 N–H and O–H groups in total. The molecule has 0 radical (unpaired) electrons. The van der Waals surface area contributed by atoms with Gasteiger partial charge in [0.05, 0.1) is 23.9 Å². The van der Waals surface area contributed by atoms with Crippen molar-refractivity contribution in [2.45, 2.75) is 20.5 Å². The first kappa shape index (κ1) is 32.9. The van der Waals surface area contributed by atoms with Crippen LogP contribution < -0.4 is 25.0 Å². The van der Waals surface area contributed by atoms with E-state index in [0.717, 1.165) is 29.4 Å². The number of hydrogen-bond acceptors (Lipinski definition) is 9. The van der Waals surface area contributed by atoms with Crippen LogP contribution in [0.3, 0.4) is 0 Å². The number of hydrazone groups is 1. The minimum atomic E-state index is -0.745. The van der Waals surface area contributed by atoms with Crippen LogP contribution in [-0.2, 0) is 11.4 Å². The second kappa shape index (κ2) is 14.8. The average molecular weight is 656 g/mol. The summed E-state index contributed by atoms with van der Waals surface area (Å²) in [6, 6.07) is 22.8. The van der Waals surface area contributed by atoms with Crippen molar-refractivity contribution in [3.63, 3.8) is 0 Å². The largest absolute Gasteiger partial charge is 0.493 e. The summed E-state index contributed by atoms with van der Waals surface area (Å²) >= 11 is 0. The van der Waals surface area contributed by atoms with Gasteiger partial charge in [-0.25, -0.2) is 9.82 Å². The van der Waals surface area contributed by atoms with Gasteiger partial charge in [0.25, 0.3) is 5.91 Å². The van der Waals surface area contributed by atoms with Gasteiger partial charge in [-0.3, -0.25) is 19.7 Å². The number of carbonyl (C=O) groups is 2.